The molecule has 186 valence electrons. The average Bonchev–Trinajstić information content (AvgIpc) is 3.29. The number of ether oxygens (including phenoxy) is 1. The monoisotopic (exact) mass is 512 g/mol. The smallest absolute Gasteiger partial charge is 0.308 e. The number of carbonyl (C=O) groups is 1. The van der Waals surface area contributed by atoms with Crippen molar-refractivity contribution in [3.63, 3.8) is 0 Å². The van der Waals surface area contributed by atoms with E-state index in [4.69, 9.17) is 21.3 Å². The highest BCUT2D eigenvalue weighted by molar-refractivity contribution is 7.15. The van der Waals surface area contributed by atoms with Gasteiger partial charge in [-0.25, -0.2) is 0 Å². The highest BCUT2D eigenvalue weighted by atomic mass is 35.5. The number of halogens is 1. The second-order valence-corrected chi connectivity index (χ2v) is 12.3. The van der Waals surface area contributed by atoms with Crippen molar-refractivity contribution in [2.24, 2.45) is 4.99 Å². The lowest BCUT2D eigenvalue weighted by molar-refractivity contribution is -0.155. The van der Waals surface area contributed by atoms with E-state index in [-0.39, 0.29) is 17.8 Å². The lowest BCUT2D eigenvalue weighted by Gasteiger charge is -2.23. The maximum atomic E-state index is 13.0. The molecule has 0 N–H and O–H groups in total. The van der Waals surface area contributed by atoms with E-state index in [9.17, 15) is 4.79 Å². The molecule has 1 aliphatic rings. The molecule has 0 bridgehead atoms. The van der Waals surface area contributed by atoms with Gasteiger partial charge in [-0.05, 0) is 58.7 Å². The summed E-state index contributed by atoms with van der Waals surface area (Å²) in [6.07, 6.45) is 0.970. The zero-order chi connectivity index (χ0) is 25.7. The van der Waals surface area contributed by atoms with Crippen molar-refractivity contribution in [2.45, 2.75) is 85.3 Å². The first kappa shape index (κ1) is 25.6. The third-order valence-electron chi connectivity index (χ3n) is 6.46. The summed E-state index contributed by atoms with van der Waals surface area (Å²) in [5.74, 6) is 1.23. The predicted octanol–water partition coefficient (Wildman–Crippen LogP) is 6.91. The van der Waals surface area contributed by atoms with Crippen LogP contribution in [-0.2, 0) is 14.9 Å². The van der Waals surface area contributed by atoms with Gasteiger partial charge < -0.3 is 4.74 Å². The van der Waals surface area contributed by atoms with Crippen molar-refractivity contribution in [3.05, 3.63) is 62.5 Å². The van der Waals surface area contributed by atoms with Gasteiger partial charge in [-0.1, -0.05) is 44.5 Å². The van der Waals surface area contributed by atoms with E-state index in [1.165, 1.54) is 4.88 Å². The molecule has 0 saturated heterocycles. The molecule has 0 saturated carbocycles. The minimum atomic E-state index is -0.583. The van der Waals surface area contributed by atoms with Crippen LogP contribution in [0.25, 0.3) is 5.00 Å². The zero-order valence-electron chi connectivity index (χ0n) is 21.7. The summed E-state index contributed by atoms with van der Waals surface area (Å²) >= 11 is 7.91. The van der Waals surface area contributed by atoms with E-state index in [2.05, 4.69) is 49.4 Å². The molecule has 3 heterocycles. The van der Waals surface area contributed by atoms with E-state index in [1.54, 1.807) is 11.3 Å². The Kier molecular flexibility index (Phi) is 6.70. The third kappa shape index (κ3) is 4.94. The van der Waals surface area contributed by atoms with Crippen LogP contribution in [0.1, 0.15) is 93.6 Å². The van der Waals surface area contributed by atoms with E-state index in [0.717, 1.165) is 39.6 Å². The Morgan fingerprint density at radius 1 is 1.11 bits per heavy atom. The van der Waals surface area contributed by atoms with Crippen molar-refractivity contribution in [1.29, 1.82) is 0 Å². The van der Waals surface area contributed by atoms with Crippen LogP contribution in [0.3, 0.4) is 0 Å². The van der Waals surface area contributed by atoms with Crippen LogP contribution < -0.4 is 0 Å². The Morgan fingerprint density at radius 3 is 2.37 bits per heavy atom. The summed E-state index contributed by atoms with van der Waals surface area (Å²) in [5, 5.41) is 11.0. The highest BCUT2D eigenvalue weighted by Crippen LogP contribution is 2.42. The SMILES string of the molecule is CCC(C)(C)c1nnc2n1-c1sc(C)c(C)c1C(c1ccc(Cl)cc1)=N[C@H]2CC(=O)OC(C)(C)C. The third-order valence-corrected chi connectivity index (χ3v) is 7.91. The lowest BCUT2D eigenvalue weighted by Crippen LogP contribution is -2.25. The second kappa shape index (κ2) is 9.17. The van der Waals surface area contributed by atoms with Crippen molar-refractivity contribution < 1.29 is 9.53 Å². The molecule has 6 nitrogen and oxygen atoms in total. The molecule has 0 spiro atoms. The van der Waals surface area contributed by atoms with Crippen LogP contribution in [0.4, 0.5) is 0 Å². The van der Waals surface area contributed by atoms with E-state index in [0.29, 0.717) is 10.8 Å². The maximum absolute atomic E-state index is 13.0. The van der Waals surface area contributed by atoms with Gasteiger partial charge in [0.25, 0.3) is 0 Å². The quantitative estimate of drug-likeness (QED) is 0.348. The van der Waals surface area contributed by atoms with Crippen LogP contribution in [0, 0.1) is 13.8 Å². The molecule has 3 aromatic rings. The highest BCUT2D eigenvalue weighted by Gasteiger charge is 2.37. The number of aliphatic imine (C=N–C) groups is 1. The number of fused-ring (bicyclic) bond motifs is 3. The van der Waals surface area contributed by atoms with Crippen LogP contribution >= 0.6 is 22.9 Å². The second-order valence-electron chi connectivity index (χ2n) is 10.7. The van der Waals surface area contributed by atoms with E-state index >= 15 is 0 Å². The number of aryl methyl sites for hydroxylation is 1. The number of nitrogens with zero attached hydrogens (tertiary/aromatic N) is 4. The Labute approximate surface area is 216 Å². The number of carbonyl (C=O) groups excluding carboxylic acids is 1. The summed E-state index contributed by atoms with van der Waals surface area (Å²) in [6, 6.07) is 7.15. The first-order valence-electron chi connectivity index (χ1n) is 11.9. The van der Waals surface area contributed by atoms with E-state index in [1.807, 2.05) is 45.0 Å². The maximum Gasteiger partial charge on any atom is 0.308 e. The summed E-state index contributed by atoms with van der Waals surface area (Å²) < 4.78 is 7.81. The molecule has 0 unspecified atom stereocenters. The van der Waals surface area contributed by atoms with Crippen LogP contribution in [0.15, 0.2) is 29.3 Å². The Hall–Kier alpha value is -2.51. The Bertz CT molecular complexity index is 1300. The molecular weight excluding hydrogens is 480 g/mol. The van der Waals surface area contributed by atoms with Gasteiger partial charge >= 0.3 is 5.97 Å². The molecule has 1 atom stereocenters. The van der Waals surface area contributed by atoms with Gasteiger partial charge in [0.2, 0.25) is 0 Å². The number of esters is 1. The number of benzene rings is 1. The average molecular weight is 513 g/mol. The standard InChI is InChI=1S/C27H33ClN4O2S/c1-9-27(7,8)25-31-30-23-19(14-20(33)34-26(4,5)6)29-22(17-10-12-18(28)13-11-17)21-15(2)16(3)35-24(21)32(23)25/h10-13,19H,9,14H2,1-8H3/t19-/m0/s1. The molecule has 8 heteroatoms. The topological polar surface area (TPSA) is 69.4 Å². The number of thiophene rings is 1. The first-order valence-corrected chi connectivity index (χ1v) is 13.1. The predicted molar refractivity (Wildman–Crippen MR) is 142 cm³/mol. The fraction of sp³-hybridized carbons (Fsp3) is 0.481. The fourth-order valence-corrected chi connectivity index (χ4v) is 5.43. The zero-order valence-corrected chi connectivity index (χ0v) is 23.3. The van der Waals surface area contributed by atoms with Gasteiger partial charge in [-0.3, -0.25) is 14.4 Å². The normalized spacial score (nSPS) is 15.8. The Balaban J connectivity index is 1.98. The summed E-state index contributed by atoms with van der Waals surface area (Å²) in [6.45, 7) is 16.4. The van der Waals surface area contributed by atoms with Gasteiger partial charge in [-0.2, -0.15) is 0 Å². The molecule has 0 aliphatic carbocycles. The molecule has 4 rings (SSSR count). The number of rotatable bonds is 5. The minimum absolute atomic E-state index is 0.0754. The number of hydrogen-bond acceptors (Lipinski definition) is 6. The van der Waals surface area contributed by atoms with Crippen LogP contribution in [0.2, 0.25) is 5.02 Å². The lowest BCUT2D eigenvalue weighted by atomic mass is 9.89. The molecular formula is C27H33ClN4O2S. The molecule has 0 amide bonds. The van der Waals surface area contributed by atoms with Crippen molar-refractivity contribution >= 4 is 34.6 Å². The largest absolute Gasteiger partial charge is 0.460 e. The molecule has 35 heavy (non-hydrogen) atoms. The molecule has 0 radical (unpaired) electrons. The van der Waals surface area contributed by atoms with Crippen molar-refractivity contribution in [2.75, 3.05) is 0 Å². The van der Waals surface area contributed by atoms with Gasteiger partial charge in [0, 0.05) is 26.4 Å². The van der Waals surface area contributed by atoms with Gasteiger partial charge in [-0.15, -0.1) is 21.5 Å². The first-order chi connectivity index (χ1) is 16.3. The molecule has 1 aliphatic heterocycles. The summed E-state index contributed by atoms with van der Waals surface area (Å²) in [7, 11) is 0. The summed E-state index contributed by atoms with van der Waals surface area (Å²) in [4.78, 5) is 19.4. The summed E-state index contributed by atoms with van der Waals surface area (Å²) in [5.41, 5.74) is 3.20. The van der Waals surface area contributed by atoms with Gasteiger partial charge in [0.15, 0.2) is 5.82 Å². The molecule has 0 fully saturated rings. The van der Waals surface area contributed by atoms with Gasteiger partial charge in [0.05, 0.1) is 12.1 Å². The van der Waals surface area contributed by atoms with Crippen molar-refractivity contribution in [1.82, 2.24) is 14.8 Å². The number of aromatic nitrogens is 3. The Morgan fingerprint density at radius 2 is 1.77 bits per heavy atom. The van der Waals surface area contributed by atoms with Crippen LogP contribution in [0.5, 0.6) is 0 Å². The fourth-order valence-electron chi connectivity index (χ4n) is 4.14. The van der Waals surface area contributed by atoms with E-state index < -0.39 is 11.6 Å². The number of hydrogen-bond donors (Lipinski definition) is 0. The van der Waals surface area contributed by atoms with Crippen molar-refractivity contribution in [3.8, 4) is 5.00 Å². The molecule has 1 aromatic carbocycles. The molecule has 2 aromatic heterocycles. The minimum Gasteiger partial charge on any atom is -0.460 e. The van der Waals surface area contributed by atoms with Gasteiger partial charge in [0.1, 0.15) is 22.5 Å². The van der Waals surface area contributed by atoms with Crippen LogP contribution in [-0.4, -0.2) is 32.0 Å².